The van der Waals surface area contributed by atoms with Crippen LogP contribution in [0.15, 0.2) is 11.1 Å². The third-order valence-corrected chi connectivity index (χ3v) is 11.1. The molecule has 6 aliphatic carbocycles. The highest BCUT2D eigenvalue weighted by Crippen LogP contribution is 2.88. The Morgan fingerprint density at radius 2 is 2.10 bits per heavy atom. The minimum atomic E-state index is -0.593. The van der Waals surface area contributed by atoms with Crippen molar-refractivity contribution in [3.8, 4) is 6.07 Å². The van der Waals surface area contributed by atoms with E-state index in [2.05, 4.69) is 11.4 Å². The van der Waals surface area contributed by atoms with Crippen molar-refractivity contribution >= 4 is 11.9 Å². The Labute approximate surface area is 181 Å². The second kappa shape index (κ2) is 4.87. The van der Waals surface area contributed by atoms with Gasteiger partial charge in [0, 0.05) is 18.3 Å². The van der Waals surface area contributed by atoms with Crippen LogP contribution >= 0.6 is 0 Å². The second-order valence-corrected chi connectivity index (χ2v) is 11.9. The molecule has 9 atom stereocenters. The van der Waals surface area contributed by atoms with E-state index in [1.54, 1.807) is 0 Å². The first-order valence-electron chi connectivity index (χ1n) is 12.1. The van der Waals surface area contributed by atoms with E-state index in [0.29, 0.717) is 18.3 Å². The number of likely N-dealkylation sites (tertiary alicyclic amines) is 1. The molecule has 3 N–H and O–H groups in total. The summed E-state index contributed by atoms with van der Waals surface area (Å²) in [4.78, 5) is 28.5. The number of carbonyl (C=O) groups is 2. The maximum Gasteiger partial charge on any atom is 0.323 e. The topological polar surface area (TPSA) is 108 Å². The molecule has 8 rings (SSSR count). The van der Waals surface area contributed by atoms with Gasteiger partial charge in [-0.15, -0.1) is 0 Å². The van der Waals surface area contributed by atoms with Gasteiger partial charge in [0.1, 0.15) is 17.7 Å². The molecule has 0 aromatic heterocycles. The van der Waals surface area contributed by atoms with E-state index < -0.39 is 11.6 Å². The highest BCUT2D eigenvalue weighted by molar-refractivity contribution is 5.92. The summed E-state index contributed by atoms with van der Waals surface area (Å²) in [7, 11) is 0. The van der Waals surface area contributed by atoms with E-state index in [4.69, 9.17) is 10.5 Å². The summed E-state index contributed by atoms with van der Waals surface area (Å²) in [6, 6.07) is 1.21. The third-order valence-electron chi connectivity index (χ3n) is 11.1. The Hall–Kier alpha value is -1.91. The summed E-state index contributed by atoms with van der Waals surface area (Å²) in [6.45, 7) is 0.875. The number of fused-ring (bicyclic) bond motifs is 1. The lowest BCUT2D eigenvalue weighted by Crippen LogP contribution is -2.74. The molecule has 2 saturated heterocycles. The van der Waals surface area contributed by atoms with Crippen LogP contribution in [0.1, 0.15) is 57.8 Å². The molecule has 0 radical (unpaired) electrons. The third kappa shape index (κ3) is 1.64. The number of rotatable bonds is 4. The summed E-state index contributed by atoms with van der Waals surface area (Å²) in [5, 5.41) is 12.9. The number of nitrogens with two attached hydrogens (primary N) is 1. The van der Waals surface area contributed by atoms with Crippen molar-refractivity contribution in [1.29, 1.82) is 5.26 Å². The van der Waals surface area contributed by atoms with Crippen LogP contribution in [-0.2, 0) is 14.3 Å². The van der Waals surface area contributed by atoms with Gasteiger partial charge in [-0.05, 0) is 79.9 Å². The standard InChI is InChI=1S/C24H28N4O3/c25-9-14-5-15-16-8-24(15,16)28(14)19(29)18(26)22-7-13-4-12-6-21(10-22,11-23(12,13)22)31-20(30)17-2-1-3-27-17/h12-14,17-18,27H,1-8,10-11,26H2/t12?,13?,14-,17-,18+,21?,22?,23?,24?/m0/s1. The van der Waals surface area contributed by atoms with Gasteiger partial charge in [-0.25, -0.2) is 0 Å². The highest BCUT2D eigenvalue weighted by Gasteiger charge is 2.87. The molecule has 7 nitrogen and oxygen atoms in total. The van der Waals surface area contributed by atoms with Crippen molar-refractivity contribution in [2.75, 3.05) is 6.54 Å². The molecule has 2 spiro atoms. The van der Waals surface area contributed by atoms with Crippen molar-refractivity contribution in [2.45, 2.75) is 87.1 Å². The number of carbonyl (C=O) groups excluding carboxylic acids is 2. The summed E-state index contributed by atoms with van der Waals surface area (Å²) in [5.41, 5.74) is 8.76. The summed E-state index contributed by atoms with van der Waals surface area (Å²) in [6.07, 6.45) is 8.23. The predicted molar refractivity (Wildman–Crippen MR) is 108 cm³/mol. The molecule has 5 saturated carbocycles. The summed E-state index contributed by atoms with van der Waals surface area (Å²) < 4.78 is 6.28. The molecule has 0 aromatic carbocycles. The minimum Gasteiger partial charge on any atom is -0.458 e. The quantitative estimate of drug-likeness (QED) is 0.521. The van der Waals surface area contributed by atoms with E-state index in [0.717, 1.165) is 51.5 Å². The summed E-state index contributed by atoms with van der Waals surface area (Å²) >= 11 is 0. The van der Waals surface area contributed by atoms with Crippen LogP contribution in [0.25, 0.3) is 0 Å². The van der Waals surface area contributed by atoms with E-state index in [-0.39, 0.29) is 40.3 Å². The van der Waals surface area contributed by atoms with Crippen molar-refractivity contribution in [3.63, 3.8) is 0 Å². The van der Waals surface area contributed by atoms with Crippen LogP contribution < -0.4 is 11.1 Å². The lowest BCUT2D eigenvalue weighted by molar-refractivity contribution is -0.257. The molecule has 2 heterocycles. The van der Waals surface area contributed by atoms with Crippen molar-refractivity contribution < 1.29 is 14.3 Å². The number of ether oxygens (including phenoxy) is 1. The number of hydrogen-bond acceptors (Lipinski definition) is 6. The normalized spacial score (nSPS) is 54.3. The molecule has 0 aromatic rings. The van der Waals surface area contributed by atoms with E-state index in [1.807, 2.05) is 4.90 Å². The first-order chi connectivity index (χ1) is 14.9. The fourth-order valence-corrected chi connectivity index (χ4v) is 9.85. The Morgan fingerprint density at radius 3 is 2.81 bits per heavy atom. The molecule has 31 heavy (non-hydrogen) atoms. The molecule has 162 valence electrons. The number of nitrogens with zero attached hydrogens (tertiary/aromatic N) is 2. The van der Waals surface area contributed by atoms with Gasteiger partial charge in [-0.2, -0.15) is 5.26 Å². The Morgan fingerprint density at radius 1 is 1.26 bits per heavy atom. The smallest absolute Gasteiger partial charge is 0.323 e. The van der Waals surface area contributed by atoms with Crippen molar-refractivity contribution in [1.82, 2.24) is 10.2 Å². The zero-order valence-electron chi connectivity index (χ0n) is 17.7. The first kappa shape index (κ1) is 17.6. The van der Waals surface area contributed by atoms with Gasteiger partial charge in [0.05, 0.1) is 17.6 Å². The molecule has 2 aliphatic heterocycles. The maximum atomic E-state index is 13.8. The van der Waals surface area contributed by atoms with Crippen LogP contribution in [0, 0.1) is 34.0 Å². The van der Waals surface area contributed by atoms with Crippen LogP contribution in [0.3, 0.4) is 0 Å². The average Bonchev–Trinajstić information content (AvgIpc) is 3.28. The molecular weight excluding hydrogens is 392 g/mol. The maximum absolute atomic E-state index is 13.8. The Bertz CT molecular complexity index is 1060. The summed E-state index contributed by atoms with van der Waals surface area (Å²) in [5.74, 6) is 1.01. The zero-order valence-corrected chi connectivity index (χ0v) is 17.7. The average molecular weight is 421 g/mol. The minimum absolute atomic E-state index is 0.0287. The van der Waals surface area contributed by atoms with Gasteiger partial charge in [-0.1, -0.05) is 0 Å². The largest absolute Gasteiger partial charge is 0.458 e. The van der Waals surface area contributed by atoms with Gasteiger partial charge < -0.3 is 20.7 Å². The monoisotopic (exact) mass is 420 g/mol. The second-order valence-electron chi connectivity index (χ2n) is 11.9. The molecule has 8 aliphatic rings. The van der Waals surface area contributed by atoms with Gasteiger partial charge in [-0.3, -0.25) is 9.59 Å². The number of nitrogens with one attached hydrogen (secondary N) is 1. The number of amides is 1. The predicted octanol–water partition coefficient (Wildman–Crippen LogP) is 1.13. The molecule has 7 fully saturated rings. The number of nitriles is 1. The van der Waals surface area contributed by atoms with E-state index in [1.165, 1.54) is 17.6 Å². The molecule has 1 amide bonds. The molecule has 7 heteroatoms. The molecule has 2 bridgehead atoms. The van der Waals surface area contributed by atoms with Crippen molar-refractivity contribution in [2.24, 2.45) is 28.4 Å². The van der Waals surface area contributed by atoms with Gasteiger partial charge in [0.25, 0.3) is 0 Å². The lowest BCUT2D eigenvalue weighted by atomic mass is 9.30. The van der Waals surface area contributed by atoms with E-state index in [9.17, 15) is 14.9 Å². The Kier molecular flexibility index (Phi) is 2.77. The van der Waals surface area contributed by atoms with Gasteiger partial charge in [0.15, 0.2) is 0 Å². The fourth-order valence-electron chi connectivity index (χ4n) is 9.85. The SMILES string of the molecule is N#C[C@@H]1CC2=C3CC23N1C(=O)[C@@H](N)C12CC3CC4CC(OC(=O)[C@@H]5CCCN5)(CC431)C2. The van der Waals surface area contributed by atoms with E-state index >= 15 is 0 Å². The van der Waals surface area contributed by atoms with Crippen LogP contribution in [0.4, 0.5) is 0 Å². The van der Waals surface area contributed by atoms with Gasteiger partial charge in [0.2, 0.25) is 5.91 Å². The molecular formula is C24H28N4O3. The van der Waals surface area contributed by atoms with Gasteiger partial charge >= 0.3 is 5.97 Å². The number of hydrogen-bond donors (Lipinski definition) is 2. The fraction of sp³-hybridized carbons (Fsp3) is 0.792. The van der Waals surface area contributed by atoms with Crippen molar-refractivity contribution in [3.05, 3.63) is 11.1 Å². The van der Waals surface area contributed by atoms with Crippen LogP contribution in [0.2, 0.25) is 0 Å². The highest BCUT2D eigenvalue weighted by atomic mass is 16.6. The van der Waals surface area contributed by atoms with Crippen LogP contribution in [-0.4, -0.2) is 52.6 Å². The zero-order chi connectivity index (χ0) is 21.0. The van der Waals surface area contributed by atoms with Crippen LogP contribution in [0.5, 0.6) is 0 Å². The first-order valence-corrected chi connectivity index (χ1v) is 12.1. The Balaban J connectivity index is 1.10. The molecule has 6 unspecified atom stereocenters. The number of esters is 1. The lowest BCUT2D eigenvalue weighted by Gasteiger charge is -2.74.